The Morgan fingerprint density at radius 1 is 0.875 bits per heavy atom. The van der Waals surface area contributed by atoms with Gasteiger partial charge in [-0.15, -0.1) is 0 Å². The van der Waals surface area contributed by atoms with Crippen LogP contribution in [0.4, 0.5) is 0 Å². The van der Waals surface area contributed by atoms with Crippen LogP contribution in [0.25, 0.3) is 0 Å². The molecule has 2 N–H and O–H groups in total. The van der Waals surface area contributed by atoms with Crippen LogP contribution in [0.5, 0.6) is 0 Å². The van der Waals surface area contributed by atoms with Crippen LogP contribution in [0.2, 0.25) is 0 Å². The summed E-state index contributed by atoms with van der Waals surface area (Å²) in [6.07, 6.45) is 7.52. The molecule has 4 nitrogen and oxygen atoms in total. The number of nitrogens with zero attached hydrogens (tertiary/aromatic N) is 2. The predicted octanol–water partition coefficient (Wildman–Crippen LogP) is 3.20. The first-order valence-electron chi connectivity index (χ1n) is 8.77. The maximum absolute atomic E-state index is 4.32. The van der Waals surface area contributed by atoms with E-state index < -0.39 is 0 Å². The lowest BCUT2D eigenvalue weighted by Gasteiger charge is -2.11. The minimum atomic E-state index is 0.838. The number of guanidine groups is 1. The van der Waals surface area contributed by atoms with Gasteiger partial charge < -0.3 is 10.6 Å². The van der Waals surface area contributed by atoms with Gasteiger partial charge in [0.1, 0.15) is 0 Å². The Labute approximate surface area is 145 Å². The monoisotopic (exact) mass is 324 g/mol. The van der Waals surface area contributed by atoms with E-state index >= 15 is 0 Å². The average molecular weight is 324 g/mol. The lowest BCUT2D eigenvalue weighted by Crippen LogP contribution is -2.38. The van der Waals surface area contributed by atoms with Crippen LogP contribution in [-0.4, -0.2) is 31.1 Å². The summed E-state index contributed by atoms with van der Waals surface area (Å²) in [4.78, 5) is 8.58. The number of hydrogen-bond donors (Lipinski definition) is 2. The van der Waals surface area contributed by atoms with Crippen LogP contribution in [0.15, 0.2) is 59.7 Å². The van der Waals surface area contributed by atoms with Gasteiger partial charge in [-0.05, 0) is 37.0 Å². The van der Waals surface area contributed by atoms with Gasteiger partial charge in [0.2, 0.25) is 0 Å². The largest absolute Gasteiger partial charge is 0.356 e. The first-order valence-corrected chi connectivity index (χ1v) is 8.77. The van der Waals surface area contributed by atoms with E-state index in [1.807, 2.05) is 31.4 Å². The van der Waals surface area contributed by atoms with Crippen LogP contribution in [0, 0.1) is 0 Å². The Kier molecular flexibility index (Phi) is 8.41. The maximum atomic E-state index is 4.32. The second kappa shape index (κ2) is 11.2. The molecular formula is C20H28N4. The summed E-state index contributed by atoms with van der Waals surface area (Å²) in [7, 11) is 1.81. The Bertz CT molecular complexity index is 581. The van der Waals surface area contributed by atoms with Crippen molar-refractivity contribution in [3.63, 3.8) is 0 Å². The van der Waals surface area contributed by atoms with E-state index in [4.69, 9.17) is 0 Å². The zero-order valence-corrected chi connectivity index (χ0v) is 14.5. The van der Waals surface area contributed by atoms with Crippen molar-refractivity contribution >= 4 is 5.96 Å². The minimum Gasteiger partial charge on any atom is -0.356 e. The standard InChI is InChI=1S/C20H28N4/c1-21-20(24-17-14-19-13-7-9-15-22-19)23-16-8-3-6-12-18-10-4-2-5-11-18/h2,4-5,7,9-11,13,15H,3,6,8,12,14,16-17H2,1H3,(H2,21,23,24). The second-order valence-corrected chi connectivity index (χ2v) is 5.79. The summed E-state index contributed by atoms with van der Waals surface area (Å²) >= 11 is 0. The first-order chi connectivity index (χ1) is 11.9. The van der Waals surface area contributed by atoms with Crippen molar-refractivity contribution in [2.45, 2.75) is 32.1 Å². The number of unbranched alkanes of at least 4 members (excludes halogenated alkanes) is 2. The summed E-state index contributed by atoms with van der Waals surface area (Å²) in [5.41, 5.74) is 2.53. The molecule has 0 fully saturated rings. The number of rotatable bonds is 9. The van der Waals surface area contributed by atoms with Gasteiger partial charge in [0.05, 0.1) is 0 Å². The van der Waals surface area contributed by atoms with Gasteiger partial charge >= 0.3 is 0 Å². The van der Waals surface area contributed by atoms with Gasteiger partial charge in [0, 0.05) is 38.4 Å². The van der Waals surface area contributed by atoms with Crippen LogP contribution >= 0.6 is 0 Å². The van der Waals surface area contributed by atoms with Crippen LogP contribution < -0.4 is 10.6 Å². The highest BCUT2D eigenvalue weighted by Crippen LogP contribution is 2.05. The summed E-state index contributed by atoms with van der Waals surface area (Å²) in [5, 5.41) is 6.71. The number of pyridine rings is 1. The number of nitrogens with one attached hydrogen (secondary N) is 2. The minimum absolute atomic E-state index is 0.838. The summed E-state index contributed by atoms with van der Waals surface area (Å²) in [6.45, 7) is 1.79. The Morgan fingerprint density at radius 3 is 2.42 bits per heavy atom. The SMILES string of the molecule is CN=C(NCCCCCc1ccccc1)NCCc1ccccn1. The second-order valence-electron chi connectivity index (χ2n) is 5.79. The number of aliphatic imine (C=N–C) groups is 1. The zero-order chi connectivity index (χ0) is 16.9. The Balaban J connectivity index is 1.52. The molecular weight excluding hydrogens is 296 g/mol. The van der Waals surface area contributed by atoms with E-state index in [1.54, 1.807) is 0 Å². The van der Waals surface area contributed by atoms with Gasteiger partial charge in [-0.3, -0.25) is 9.98 Å². The molecule has 1 aromatic carbocycles. The zero-order valence-electron chi connectivity index (χ0n) is 14.5. The number of benzene rings is 1. The maximum Gasteiger partial charge on any atom is 0.190 e. The van der Waals surface area contributed by atoms with Crippen molar-refractivity contribution in [2.24, 2.45) is 4.99 Å². The van der Waals surface area contributed by atoms with E-state index in [0.717, 1.165) is 44.0 Å². The molecule has 0 saturated heterocycles. The highest BCUT2D eigenvalue weighted by atomic mass is 15.2. The fraction of sp³-hybridized carbons (Fsp3) is 0.400. The molecule has 128 valence electrons. The van der Waals surface area contributed by atoms with Crippen LogP contribution in [0.3, 0.4) is 0 Å². The topological polar surface area (TPSA) is 49.3 Å². The summed E-state index contributed by atoms with van der Waals surface area (Å²) in [5.74, 6) is 0.869. The van der Waals surface area contributed by atoms with Crippen molar-refractivity contribution in [3.05, 3.63) is 66.0 Å². The highest BCUT2D eigenvalue weighted by molar-refractivity contribution is 5.79. The summed E-state index contributed by atoms with van der Waals surface area (Å²) in [6, 6.07) is 16.7. The van der Waals surface area contributed by atoms with Gasteiger partial charge in [0.25, 0.3) is 0 Å². The molecule has 0 unspecified atom stereocenters. The van der Waals surface area contributed by atoms with Gasteiger partial charge in [-0.2, -0.15) is 0 Å². The molecule has 1 heterocycles. The molecule has 0 saturated carbocycles. The van der Waals surface area contributed by atoms with Gasteiger partial charge in [-0.25, -0.2) is 0 Å². The molecule has 0 radical (unpaired) electrons. The van der Waals surface area contributed by atoms with Crippen molar-refractivity contribution < 1.29 is 0 Å². The lowest BCUT2D eigenvalue weighted by atomic mass is 10.1. The predicted molar refractivity (Wildman–Crippen MR) is 101 cm³/mol. The highest BCUT2D eigenvalue weighted by Gasteiger charge is 1.98. The van der Waals surface area contributed by atoms with Crippen LogP contribution in [0.1, 0.15) is 30.5 Å². The molecule has 0 bridgehead atoms. The molecule has 1 aromatic heterocycles. The van der Waals surface area contributed by atoms with Gasteiger partial charge in [0.15, 0.2) is 5.96 Å². The van der Waals surface area contributed by atoms with E-state index in [9.17, 15) is 0 Å². The normalized spacial score (nSPS) is 11.3. The van der Waals surface area contributed by atoms with E-state index in [-0.39, 0.29) is 0 Å². The van der Waals surface area contributed by atoms with Crippen molar-refractivity contribution in [1.29, 1.82) is 0 Å². The van der Waals surface area contributed by atoms with E-state index in [2.05, 4.69) is 50.9 Å². The molecule has 0 aliphatic carbocycles. The quantitative estimate of drug-likeness (QED) is 0.423. The molecule has 4 heteroatoms. The first kappa shape index (κ1) is 18.0. The average Bonchev–Trinajstić information content (AvgIpc) is 2.64. The molecule has 0 atom stereocenters. The Morgan fingerprint density at radius 2 is 1.67 bits per heavy atom. The van der Waals surface area contributed by atoms with Crippen molar-refractivity contribution in [2.75, 3.05) is 20.1 Å². The lowest BCUT2D eigenvalue weighted by molar-refractivity contribution is 0.655. The van der Waals surface area contributed by atoms with Crippen LogP contribution in [-0.2, 0) is 12.8 Å². The molecule has 0 aliphatic rings. The third-order valence-electron chi connectivity index (χ3n) is 3.90. The molecule has 0 amide bonds. The number of aryl methyl sites for hydroxylation is 1. The van der Waals surface area contributed by atoms with E-state index in [1.165, 1.54) is 18.4 Å². The number of aromatic nitrogens is 1. The molecule has 24 heavy (non-hydrogen) atoms. The smallest absolute Gasteiger partial charge is 0.190 e. The number of hydrogen-bond acceptors (Lipinski definition) is 2. The van der Waals surface area contributed by atoms with Crippen molar-refractivity contribution in [1.82, 2.24) is 15.6 Å². The third-order valence-corrected chi connectivity index (χ3v) is 3.90. The fourth-order valence-corrected chi connectivity index (χ4v) is 2.56. The van der Waals surface area contributed by atoms with Crippen molar-refractivity contribution in [3.8, 4) is 0 Å². The third kappa shape index (κ3) is 7.27. The summed E-state index contributed by atoms with van der Waals surface area (Å²) < 4.78 is 0. The molecule has 0 aliphatic heterocycles. The molecule has 2 aromatic rings. The molecule has 2 rings (SSSR count). The van der Waals surface area contributed by atoms with E-state index in [0.29, 0.717) is 0 Å². The fourth-order valence-electron chi connectivity index (χ4n) is 2.56. The van der Waals surface area contributed by atoms with Gasteiger partial charge in [-0.1, -0.05) is 42.8 Å². The Hall–Kier alpha value is -2.36. The molecule has 0 spiro atoms.